The van der Waals surface area contributed by atoms with Gasteiger partial charge in [0.1, 0.15) is 15.9 Å². The molecule has 0 aliphatic carbocycles. The van der Waals surface area contributed by atoms with Gasteiger partial charge in [0, 0.05) is 24.2 Å². The number of aliphatic hydroxyl groups excluding tert-OH is 1. The smallest absolute Gasteiger partial charge is 0.224 e. The first-order valence-electron chi connectivity index (χ1n) is 7.27. The van der Waals surface area contributed by atoms with Crippen molar-refractivity contribution in [3.05, 3.63) is 34.9 Å². The molecular formula is C15H20ClNO5S. The molecule has 2 rings (SSSR count). The van der Waals surface area contributed by atoms with E-state index in [-0.39, 0.29) is 31.3 Å². The van der Waals surface area contributed by atoms with Crippen molar-refractivity contribution in [3.8, 4) is 0 Å². The number of halogens is 1. The maximum absolute atomic E-state index is 12.5. The molecule has 0 radical (unpaired) electrons. The van der Waals surface area contributed by atoms with Crippen LogP contribution in [0.5, 0.6) is 0 Å². The molecule has 6 nitrogen and oxygen atoms in total. The lowest BCUT2D eigenvalue weighted by Crippen LogP contribution is -2.49. The van der Waals surface area contributed by atoms with Crippen molar-refractivity contribution in [3.63, 3.8) is 0 Å². The standard InChI is InChI=1S/C15H20ClNO5S/c1-23(20,21)9-6-14(19)17-7-8-22-13(10-18)15(17)11-4-2-3-5-12(11)16/h2-5,13,15,18H,6-10H2,1H3/t13-,15-/m0/s1. The van der Waals surface area contributed by atoms with Crippen LogP contribution in [-0.4, -0.2) is 62.2 Å². The van der Waals surface area contributed by atoms with Gasteiger partial charge in [0.15, 0.2) is 0 Å². The number of nitrogens with zero attached hydrogens (tertiary/aromatic N) is 1. The van der Waals surface area contributed by atoms with Gasteiger partial charge in [-0.3, -0.25) is 4.79 Å². The number of ether oxygens (including phenoxy) is 1. The Labute approximate surface area is 140 Å². The first kappa shape index (κ1) is 18.2. The highest BCUT2D eigenvalue weighted by molar-refractivity contribution is 7.90. The van der Waals surface area contributed by atoms with Crippen LogP contribution in [0, 0.1) is 0 Å². The van der Waals surface area contributed by atoms with Gasteiger partial charge in [0.2, 0.25) is 5.91 Å². The van der Waals surface area contributed by atoms with Crippen molar-refractivity contribution in [1.82, 2.24) is 4.90 Å². The Balaban J connectivity index is 2.28. The van der Waals surface area contributed by atoms with E-state index in [4.69, 9.17) is 16.3 Å². The third-order valence-corrected chi connectivity index (χ3v) is 5.05. The van der Waals surface area contributed by atoms with Crippen LogP contribution >= 0.6 is 11.6 Å². The lowest BCUT2D eigenvalue weighted by Gasteiger charge is -2.41. The van der Waals surface area contributed by atoms with Crippen LogP contribution in [0.3, 0.4) is 0 Å². The van der Waals surface area contributed by atoms with Gasteiger partial charge in [-0.15, -0.1) is 0 Å². The molecule has 1 aromatic rings. The molecule has 1 saturated heterocycles. The van der Waals surface area contributed by atoms with E-state index in [1.165, 1.54) is 0 Å². The van der Waals surface area contributed by atoms with E-state index in [1.807, 2.05) is 0 Å². The molecule has 8 heteroatoms. The van der Waals surface area contributed by atoms with Gasteiger partial charge in [-0.2, -0.15) is 0 Å². The number of morpholine rings is 1. The molecule has 0 unspecified atom stereocenters. The van der Waals surface area contributed by atoms with E-state index in [0.717, 1.165) is 6.26 Å². The Morgan fingerprint density at radius 2 is 2.13 bits per heavy atom. The van der Waals surface area contributed by atoms with E-state index in [1.54, 1.807) is 29.2 Å². The third kappa shape index (κ3) is 4.67. The van der Waals surface area contributed by atoms with Crippen molar-refractivity contribution in [2.45, 2.75) is 18.6 Å². The average molecular weight is 362 g/mol. The molecular weight excluding hydrogens is 342 g/mol. The topological polar surface area (TPSA) is 83.9 Å². The number of sulfone groups is 1. The summed E-state index contributed by atoms with van der Waals surface area (Å²) in [5.41, 5.74) is 0.681. The highest BCUT2D eigenvalue weighted by atomic mass is 35.5. The molecule has 23 heavy (non-hydrogen) atoms. The molecule has 1 amide bonds. The van der Waals surface area contributed by atoms with Gasteiger partial charge in [0.05, 0.1) is 25.0 Å². The lowest BCUT2D eigenvalue weighted by atomic mass is 9.98. The highest BCUT2D eigenvalue weighted by Gasteiger charge is 2.37. The van der Waals surface area contributed by atoms with Crippen molar-refractivity contribution >= 4 is 27.3 Å². The number of hydrogen-bond donors (Lipinski definition) is 1. The van der Waals surface area contributed by atoms with Crippen LogP contribution in [0.25, 0.3) is 0 Å². The zero-order chi connectivity index (χ0) is 17.0. The minimum atomic E-state index is -3.22. The molecule has 1 aromatic carbocycles. The molecule has 1 aliphatic heterocycles. The van der Waals surface area contributed by atoms with E-state index in [0.29, 0.717) is 17.1 Å². The average Bonchev–Trinajstić information content (AvgIpc) is 2.51. The summed E-state index contributed by atoms with van der Waals surface area (Å²) in [6.07, 6.45) is 0.408. The molecule has 1 fully saturated rings. The fourth-order valence-electron chi connectivity index (χ4n) is 2.67. The fraction of sp³-hybridized carbons (Fsp3) is 0.533. The van der Waals surface area contributed by atoms with Crippen LogP contribution in [-0.2, 0) is 19.4 Å². The van der Waals surface area contributed by atoms with Crippen molar-refractivity contribution in [2.24, 2.45) is 0 Å². The number of benzene rings is 1. The van der Waals surface area contributed by atoms with E-state index in [9.17, 15) is 18.3 Å². The minimum Gasteiger partial charge on any atom is -0.394 e. The van der Waals surface area contributed by atoms with Crippen LogP contribution < -0.4 is 0 Å². The molecule has 0 bridgehead atoms. The summed E-state index contributed by atoms with van der Waals surface area (Å²) in [6.45, 7) is 0.359. The first-order chi connectivity index (χ1) is 10.8. The van der Waals surface area contributed by atoms with Crippen molar-refractivity contribution in [1.29, 1.82) is 0 Å². The summed E-state index contributed by atoms with van der Waals surface area (Å²) >= 11 is 6.23. The van der Waals surface area contributed by atoms with Crippen LogP contribution in [0.2, 0.25) is 5.02 Å². The van der Waals surface area contributed by atoms with Crippen molar-refractivity contribution < 1.29 is 23.1 Å². The Morgan fingerprint density at radius 1 is 1.43 bits per heavy atom. The summed E-state index contributed by atoms with van der Waals surface area (Å²) in [5.74, 6) is -0.496. The Bertz CT molecular complexity index is 664. The summed E-state index contributed by atoms with van der Waals surface area (Å²) in [4.78, 5) is 14.0. The van der Waals surface area contributed by atoms with Gasteiger partial charge in [-0.25, -0.2) is 8.42 Å². The predicted octanol–water partition coefficient (Wildman–Crippen LogP) is 1.04. The molecule has 2 atom stereocenters. The Kier molecular flexibility index (Phi) is 6.02. The monoisotopic (exact) mass is 361 g/mol. The van der Waals surface area contributed by atoms with Gasteiger partial charge < -0.3 is 14.7 Å². The summed E-state index contributed by atoms with van der Waals surface area (Å²) in [6, 6.07) is 6.53. The second-order valence-corrected chi connectivity index (χ2v) is 8.19. The van der Waals surface area contributed by atoms with E-state index >= 15 is 0 Å². The maximum Gasteiger partial charge on any atom is 0.224 e. The van der Waals surface area contributed by atoms with Gasteiger partial charge in [-0.1, -0.05) is 29.8 Å². The molecule has 0 saturated carbocycles. The van der Waals surface area contributed by atoms with E-state index < -0.39 is 22.0 Å². The summed E-state index contributed by atoms with van der Waals surface area (Å²) in [7, 11) is -3.22. The number of carbonyl (C=O) groups is 1. The largest absolute Gasteiger partial charge is 0.394 e. The zero-order valence-electron chi connectivity index (χ0n) is 12.8. The SMILES string of the molecule is CS(=O)(=O)CCC(=O)N1CCO[C@@H](CO)[C@@H]1c1ccccc1Cl. The maximum atomic E-state index is 12.5. The van der Waals surface area contributed by atoms with Gasteiger partial charge in [0.25, 0.3) is 0 Å². The lowest BCUT2D eigenvalue weighted by molar-refractivity contribution is -0.149. The quantitative estimate of drug-likeness (QED) is 0.847. The van der Waals surface area contributed by atoms with Crippen molar-refractivity contribution in [2.75, 3.05) is 31.8 Å². The number of amides is 1. The number of aliphatic hydroxyl groups is 1. The second kappa shape index (κ2) is 7.61. The summed E-state index contributed by atoms with van der Waals surface area (Å²) < 4.78 is 28.1. The van der Waals surface area contributed by atoms with Crippen LogP contribution in [0.1, 0.15) is 18.0 Å². The van der Waals surface area contributed by atoms with Gasteiger partial charge in [-0.05, 0) is 11.6 Å². The van der Waals surface area contributed by atoms with Crippen LogP contribution in [0.4, 0.5) is 0 Å². The zero-order valence-corrected chi connectivity index (χ0v) is 14.4. The normalized spacial score (nSPS) is 22.1. The predicted molar refractivity (Wildman–Crippen MR) is 87.1 cm³/mol. The number of rotatable bonds is 5. The number of carbonyl (C=O) groups excluding carboxylic acids is 1. The Hall–Kier alpha value is -1.15. The molecule has 1 aliphatic rings. The molecule has 0 aromatic heterocycles. The van der Waals surface area contributed by atoms with E-state index in [2.05, 4.69) is 0 Å². The first-order valence-corrected chi connectivity index (χ1v) is 9.71. The highest BCUT2D eigenvalue weighted by Crippen LogP contribution is 2.34. The fourth-order valence-corrected chi connectivity index (χ4v) is 3.46. The van der Waals surface area contributed by atoms with Gasteiger partial charge >= 0.3 is 0 Å². The third-order valence-electron chi connectivity index (χ3n) is 3.76. The molecule has 128 valence electrons. The second-order valence-electron chi connectivity index (χ2n) is 5.53. The summed E-state index contributed by atoms with van der Waals surface area (Å²) in [5, 5.41) is 10.0. The Morgan fingerprint density at radius 3 is 2.74 bits per heavy atom. The molecule has 0 spiro atoms. The number of hydrogen-bond acceptors (Lipinski definition) is 5. The van der Waals surface area contributed by atoms with Crippen LogP contribution in [0.15, 0.2) is 24.3 Å². The molecule has 1 heterocycles. The molecule has 1 N–H and O–H groups in total. The minimum absolute atomic E-state index is 0.0993.